The van der Waals surface area contributed by atoms with Crippen LogP contribution in [0.25, 0.3) is 0 Å². The Bertz CT molecular complexity index is 121. The van der Waals surface area contributed by atoms with Crippen molar-refractivity contribution in [3.8, 4) is 0 Å². The molecule has 0 amide bonds. The summed E-state index contributed by atoms with van der Waals surface area (Å²) in [5, 5.41) is 0. The molecule has 1 saturated heterocycles. The largest absolute Gasteiger partial charge is 0.329 e. The van der Waals surface area contributed by atoms with E-state index in [0.717, 1.165) is 12.5 Å². The van der Waals surface area contributed by atoms with E-state index in [4.69, 9.17) is 5.73 Å². The van der Waals surface area contributed by atoms with Crippen molar-refractivity contribution in [2.75, 3.05) is 19.6 Å². The van der Waals surface area contributed by atoms with Crippen LogP contribution in [0.15, 0.2) is 0 Å². The molecule has 1 aliphatic heterocycles. The van der Waals surface area contributed by atoms with E-state index in [9.17, 15) is 0 Å². The highest BCUT2D eigenvalue weighted by molar-refractivity contribution is 4.82. The molecular formula is C10H22N2. The third-order valence-corrected chi connectivity index (χ3v) is 2.76. The SMILES string of the molecule is CC(C)CCCN1CCC1CN. The number of hydrogen-bond acceptors (Lipinski definition) is 2. The molecule has 0 aromatic carbocycles. The molecule has 0 radical (unpaired) electrons. The van der Waals surface area contributed by atoms with Crippen LogP contribution < -0.4 is 5.73 Å². The molecule has 0 saturated carbocycles. The van der Waals surface area contributed by atoms with Gasteiger partial charge in [0.05, 0.1) is 0 Å². The van der Waals surface area contributed by atoms with Crippen LogP contribution in [0.3, 0.4) is 0 Å². The molecule has 2 nitrogen and oxygen atoms in total. The third kappa shape index (κ3) is 2.76. The van der Waals surface area contributed by atoms with Gasteiger partial charge in [-0.05, 0) is 31.7 Å². The standard InChI is InChI=1S/C10H22N2/c1-9(2)4-3-6-12-7-5-10(12)8-11/h9-10H,3-8,11H2,1-2H3. The average molecular weight is 170 g/mol. The van der Waals surface area contributed by atoms with Crippen LogP contribution >= 0.6 is 0 Å². The third-order valence-electron chi connectivity index (χ3n) is 2.76. The number of nitrogens with two attached hydrogens (primary N) is 1. The van der Waals surface area contributed by atoms with Crippen molar-refractivity contribution in [1.82, 2.24) is 4.90 Å². The number of hydrogen-bond donors (Lipinski definition) is 1. The van der Waals surface area contributed by atoms with E-state index in [2.05, 4.69) is 18.7 Å². The predicted molar refractivity (Wildman–Crippen MR) is 53.1 cm³/mol. The fourth-order valence-electron chi connectivity index (χ4n) is 1.76. The maximum absolute atomic E-state index is 5.61. The zero-order valence-corrected chi connectivity index (χ0v) is 8.42. The molecule has 0 aromatic rings. The minimum atomic E-state index is 0.706. The van der Waals surface area contributed by atoms with E-state index >= 15 is 0 Å². The topological polar surface area (TPSA) is 29.3 Å². The fraction of sp³-hybridized carbons (Fsp3) is 1.00. The van der Waals surface area contributed by atoms with Gasteiger partial charge in [-0.2, -0.15) is 0 Å². The van der Waals surface area contributed by atoms with E-state index in [0.29, 0.717) is 6.04 Å². The second-order valence-corrected chi connectivity index (χ2v) is 4.25. The molecule has 0 aliphatic carbocycles. The Morgan fingerprint density at radius 1 is 1.50 bits per heavy atom. The van der Waals surface area contributed by atoms with E-state index in [-0.39, 0.29) is 0 Å². The molecule has 0 aromatic heterocycles. The molecule has 1 unspecified atom stereocenters. The molecule has 0 spiro atoms. The minimum Gasteiger partial charge on any atom is -0.329 e. The Labute approximate surface area is 76.1 Å². The van der Waals surface area contributed by atoms with Crippen molar-refractivity contribution in [1.29, 1.82) is 0 Å². The molecular weight excluding hydrogens is 148 g/mol. The van der Waals surface area contributed by atoms with Crippen LogP contribution in [0.1, 0.15) is 33.1 Å². The first-order chi connectivity index (χ1) is 5.74. The molecule has 72 valence electrons. The summed E-state index contributed by atoms with van der Waals surface area (Å²) in [6.45, 7) is 7.97. The van der Waals surface area contributed by atoms with Crippen molar-refractivity contribution < 1.29 is 0 Å². The van der Waals surface area contributed by atoms with Gasteiger partial charge >= 0.3 is 0 Å². The normalized spacial score (nSPS) is 24.5. The van der Waals surface area contributed by atoms with Gasteiger partial charge in [-0.1, -0.05) is 13.8 Å². The zero-order chi connectivity index (χ0) is 8.97. The maximum Gasteiger partial charge on any atom is 0.0230 e. The lowest BCUT2D eigenvalue weighted by atomic mass is 10.0. The van der Waals surface area contributed by atoms with Gasteiger partial charge in [-0.3, -0.25) is 4.90 Å². The molecule has 0 bridgehead atoms. The summed E-state index contributed by atoms with van der Waals surface area (Å²) in [7, 11) is 0. The number of nitrogens with zero attached hydrogens (tertiary/aromatic N) is 1. The summed E-state index contributed by atoms with van der Waals surface area (Å²) >= 11 is 0. The molecule has 1 atom stereocenters. The summed E-state index contributed by atoms with van der Waals surface area (Å²) < 4.78 is 0. The van der Waals surface area contributed by atoms with E-state index in [1.54, 1.807) is 0 Å². The van der Waals surface area contributed by atoms with Crippen LogP contribution in [0.2, 0.25) is 0 Å². The molecule has 2 heteroatoms. The Kier molecular flexibility index (Phi) is 4.02. The summed E-state index contributed by atoms with van der Waals surface area (Å²) in [5.74, 6) is 0.850. The Balaban J connectivity index is 2.00. The van der Waals surface area contributed by atoms with Gasteiger partial charge in [0.15, 0.2) is 0 Å². The minimum absolute atomic E-state index is 0.706. The molecule has 2 N–H and O–H groups in total. The zero-order valence-electron chi connectivity index (χ0n) is 8.42. The van der Waals surface area contributed by atoms with Crippen molar-refractivity contribution in [2.45, 2.75) is 39.2 Å². The van der Waals surface area contributed by atoms with Gasteiger partial charge in [0.2, 0.25) is 0 Å². The van der Waals surface area contributed by atoms with Crippen molar-refractivity contribution in [3.63, 3.8) is 0 Å². The Hall–Kier alpha value is -0.0800. The highest BCUT2D eigenvalue weighted by atomic mass is 15.2. The lowest BCUT2D eigenvalue weighted by molar-refractivity contribution is 0.0935. The Morgan fingerprint density at radius 2 is 2.25 bits per heavy atom. The van der Waals surface area contributed by atoms with Gasteiger partial charge in [-0.15, -0.1) is 0 Å². The van der Waals surface area contributed by atoms with Crippen LogP contribution in [-0.2, 0) is 0 Å². The number of rotatable bonds is 5. The van der Waals surface area contributed by atoms with Gasteiger partial charge in [-0.25, -0.2) is 0 Å². The molecule has 1 fully saturated rings. The second kappa shape index (κ2) is 4.83. The molecule has 1 rings (SSSR count). The maximum atomic E-state index is 5.61. The summed E-state index contributed by atoms with van der Waals surface area (Å²) in [6, 6.07) is 0.706. The molecule has 1 heterocycles. The first kappa shape index (κ1) is 10.0. The first-order valence-corrected chi connectivity index (χ1v) is 5.18. The van der Waals surface area contributed by atoms with Gasteiger partial charge in [0.1, 0.15) is 0 Å². The molecule has 12 heavy (non-hydrogen) atoms. The van der Waals surface area contributed by atoms with Crippen LogP contribution in [0.5, 0.6) is 0 Å². The first-order valence-electron chi connectivity index (χ1n) is 5.18. The summed E-state index contributed by atoms with van der Waals surface area (Å²) in [5.41, 5.74) is 5.61. The lowest BCUT2D eigenvalue weighted by Crippen LogP contribution is -2.51. The van der Waals surface area contributed by atoms with Gasteiger partial charge in [0, 0.05) is 19.1 Å². The van der Waals surface area contributed by atoms with Crippen molar-refractivity contribution in [3.05, 3.63) is 0 Å². The van der Waals surface area contributed by atoms with Crippen LogP contribution in [0, 0.1) is 5.92 Å². The Morgan fingerprint density at radius 3 is 2.67 bits per heavy atom. The van der Waals surface area contributed by atoms with Crippen molar-refractivity contribution in [2.24, 2.45) is 11.7 Å². The number of likely N-dealkylation sites (tertiary alicyclic amines) is 1. The average Bonchev–Trinajstić information content (AvgIpc) is 1.96. The summed E-state index contributed by atoms with van der Waals surface area (Å²) in [4.78, 5) is 2.52. The predicted octanol–water partition coefficient (Wildman–Crippen LogP) is 1.46. The van der Waals surface area contributed by atoms with Gasteiger partial charge in [0.25, 0.3) is 0 Å². The highest BCUT2D eigenvalue weighted by Gasteiger charge is 2.25. The summed E-state index contributed by atoms with van der Waals surface area (Å²) in [6.07, 6.45) is 4.01. The van der Waals surface area contributed by atoms with E-state index in [1.807, 2.05) is 0 Å². The smallest absolute Gasteiger partial charge is 0.0230 e. The van der Waals surface area contributed by atoms with E-state index in [1.165, 1.54) is 32.4 Å². The fourth-order valence-corrected chi connectivity index (χ4v) is 1.76. The monoisotopic (exact) mass is 170 g/mol. The van der Waals surface area contributed by atoms with Crippen molar-refractivity contribution >= 4 is 0 Å². The molecule has 1 aliphatic rings. The van der Waals surface area contributed by atoms with Crippen LogP contribution in [-0.4, -0.2) is 30.6 Å². The van der Waals surface area contributed by atoms with Gasteiger partial charge < -0.3 is 5.73 Å². The lowest BCUT2D eigenvalue weighted by Gasteiger charge is -2.40. The quantitative estimate of drug-likeness (QED) is 0.677. The highest BCUT2D eigenvalue weighted by Crippen LogP contribution is 2.17. The second-order valence-electron chi connectivity index (χ2n) is 4.25. The van der Waals surface area contributed by atoms with E-state index < -0.39 is 0 Å². The van der Waals surface area contributed by atoms with Crippen LogP contribution in [0.4, 0.5) is 0 Å².